The molecule has 1 saturated heterocycles. The van der Waals surface area contributed by atoms with Crippen molar-refractivity contribution in [3.8, 4) is 22.9 Å². The Kier molecular flexibility index (Phi) is 8.60. The lowest BCUT2D eigenvalue weighted by molar-refractivity contribution is 0.211. The lowest BCUT2D eigenvalue weighted by Gasteiger charge is -2.28. The summed E-state index contributed by atoms with van der Waals surface area (Å²) in [5, 5.41) is 8.24. The number of piperidine rings is 1. The molecule has 0 radical (unpaired) electrons. The van der Waals surface area contributed by atoms with Crippen LogP contribution in [0.1, 0.15) is 39.2 Å². The molecule has 2 aromatic carbocycles. The number of nitrogens with one attached hydrogen (secondary N) is 3. The van der Waals surface area contributed by atoms with Crippen molar-refractivity contribution in [2.75, 3.05) is 28.9 Å². The average Bonchev–Trinajstić information content (AvgIpc) is 2.94. The molecule has 3 heterocycles. The fourth-order valence-electron chi connectivity index (χ4n) is 5.09. The second-order valence-electron chi connectivity index (χ2n) is 11.6. The van der Waals surface area contributed by atoms with Gasteiger partial charge in [0.25, 0.3) is 0 Å². The Morgan fingerprint density at radius 3 is 2.62 bits per heavy atom. The fourth-order valence-corrected chi connectivity index (χ4v) is 6.45. The first-order valence-electron chi connectivity index (χ1n) is 14.1. The maximum atomic E-state index is 14.0. The second kappa shape index (κ2) is 12.2. The number of sulfonamides is 1. The fraction of sp³-hybridized carbons (Fsp3) is 0.387. The first-order chi connectivity index (χ1) is 20.0. The van der Waals surface area contributed by atoms with Crippen LogP contribution in [0.15, 0.2) is 60.9 Å². The summed E-state index contributed by atoms with van der Waals surface area (Å²) in [4.78, 5) is 13.7. The summed E-state index contributed by atoms with van der Waals surface area (Å²) in [5.74, 6) is 1.69. The van der Waals surface area contributed by atoms with Crippen LogP contribution in [0, 0.1) is 12.8 Å². The van der Waals surface area contributed by atoms with E-state index in [1.807, 2.05) is 49.4 Å². The standard InChI is InChI=1S/C31H37FN6O3S/c1-20-16-22(19-33-18-20)36-30-35-14-11-26(37-30)25-10-7-13-34-29(25)41-28-21(2)17-27(23-8-5-6-9-24(23)28)38-42(39,40)15-12-31(3,4)32/h5-11,13-14,17,20,22,33,38H,12,15-16,18-19H2,1-4H3,(H,35,36,37)/t20-,22+/m1/s1. The minimum atomic E-state index is -3.78. The van der Waals surface area contributed by atoms with Crippen molar-refractivity contribution in [3.63, 3.8) is 0 Å². The molecule has 0 amide bonds. The van der Waals surface area contributed by atoms with Gasteiger partial charge in [-0.05, 0) is 75.9 Å². The zero-order valence-corrected chi connectivity index (χ0v) is 25.1. The van der Waals surface area contributed by atoms with Crippen LogP contribution in [0.3, 0.4) is 0 Å². The van der Waals surface area contributed by atoms with E-state index in [-0.39, 0.29) is 18.2 Å². The van der Waals surface area contributed by atoms with Gasteiger partial charge in [-0.3, -0.25) is 4.72 Å². The molecular formula is C31H37FN6O3S. The monoisotopic (exact) mass is 592 g/mol. The van der Waals surface area contributed by atoms with E-state index in [1.54, 1.807) is 18.5 Å². The SMILES string of the molecule is Cc1cc(NS(=O)(=O)CCC(C)(C)F)c2ccccc2c1Oc1ncccc1-c1ccnc(N[C@@H]2CNC[C@H](C)C2)n1. The highest BCUT2D eigenvalue weighted by Crippen LogP contribution is 2.40. The normalized spacial score (nSPS) is 17.6. The van der Waals surface area contributed by atoms with Gasteiger partial charge < -0.3 is 15.4 Å². The van der Waals surface area contributed by atoms with E-state index in [0.717, 1.165) is 19.5 Å². The van der Waals surface area contributed by atoms with E-state index in [0.29, 0.717) is 56.8 Å². The third-order valence-electron chi connectivity index (χ3n) is 7.22. The number of anilines is 2. The molecule has 0 bridgehead atoms. The Bertz CT molecular complexity index is 1680. The molecule has 2 aromatic heterocycles. The summed E-state index contributed by atoms with van der Waals surface area (Å²) >= 11 is 0. The van der Waals surface area contributed by atoms with Crippen LogP contribution in [0.5, 0.6) is 11.6 Å². The second-order valence-corrected chi connectivity index (χ2v) is 13.4. The molecule has 4 aromatic rings. The molecule has 0 unspecified atom stereocenters. The molecule has 1 aliphatic heterocycles. The number of ether oxygens (including phenoxy) is 1. The minimum absolute atomic E-state index is 0.111. The summed E-state index contributed by atoms with van der Waals surface area (Å²) in [5.41, 5.74) is 0.885. The molecule has 222 valence electrons. The molecule has 42 heavy (non-hydrogen) atoms. The van der Waals surface area contributed by atoms with Gasteiger partial charge in [-0.2, -0.15) is 0 Å². The number of hydrogen-bond acceptors (Lipinski definition) is 8. The van der Waals surface area contributed by atoms with Crippen molar-refractivity contribution in [1.82, 2.24) is 20.3 Å². The summed E-state index contributed by atoms with van der Waals surface area (Å²) in [6.07, 6.45) is 4.29. The molecule has 0 saturated carbocycles. The van der Waals surface area contributed by atoms with Gasteiger partial charge in [-0.25, -0.2) is 27.8 Å². The van der Waals surface area contributed by atoms with E-state index in [4.69, 9.17) is 9.72 Å². The van der Waals surface area contributed by atoms with Crippen LogP contribution in [0.2, 0.25) is 0 Å². The third-order valence-corrected chi connectivity index (χ3v) is 8.49. The highest BCUT2D eigenvalue weighted by atomic mass is 32.2. The van der Waals surface area contributed by atoms with Gasteiger partial charge >= 0.3 is 0 Å². The summed E-state index contributed by atoms with van der Waals surface area (Å²) in [6.45, 7) is 8.66. The van der Waals surface area contributed by atoms with Crippen molar-refractivity contribution in [3.05, 3.63) is 66.5 Å². The quantitative estimate of drug-likeness (QED) is 0.203. The molecule has 1 fully saturated rings. The Morgan fingerprint density at radius 1 is 1.07 bits per heavy atom. The Labute approximate surface area is 246 Å². The highest BCUT2D eigenvalue weighted by molar-refractivity contribution is 7.92. The lowest BCUT2D eigenvalue weighted by atomic mass is 9.98. The predicted octanol–water partition coefficient (Wildman–Crippen LogP) is 6.08. The largest absolute Gasteiger partial charge is 0.437 e. The van der Waals surface area contributed by atoms with E-state index in [1.165, 1.54) is 13.8 Å². The van der Waals surface area contributed by atoms with Crippen molar-refractivity contribution in [1.29, 1.82) is 0 Å². The number of aromatic nitrogens is 3. The Hall–Kier alpha value is -3.83. The first kappa shape index (κ1) is 29.7. The molecular weight excluding hydrogens is 555 g/mol. The van der Waals surface area contributed by atoms with Crippen molar-refractivity contribution >= 4 is 32.4 Å². The molecule has 9 nitrogen and oxygen atoms in total. The van der Waals surface area contributed by atoms with Crippen LogP contribution in [-0.2, 0) is 10.0 Å². The third kappa shape index (κ3) is 7.32. The number of aryl methyl sites for hydroxylation is 1. The van der Waals surface area contributed by atoms with E-state index in [2.05, 4.69) is 32.2 Å². The molecule has 0 aliphatic carbocycles. The molecule has 2 atom stereocenters. The predicted molar refractivity (Wildman–Crippen MR) is 165 cm³/mol. The maximum absolute atomic E-state index is 14.0. The summed E-state index contributed by atoms with van der Waals surface area (Å²) in [6, 6.07) is 14.9. The van der Waals surface area contributed by atoms with Crippen LogP contribution >= 0.6 is 0 Å². The number of pyridine rings is 1. The molecule has 11 heteroatoms. The number of halogens is 1. The zero-order chi connectivity index (χ0) is 29.9. The maximum Gasteiger partial charge on any atom is 0.232 e. The number of nitrogens with zero attached hydrogens (tertiary/aromatic N) is 3. The average molecular weight is 593 g/mol. The Morgan fingerprint density at radius 2 is 1.86 bits per heavy atom. The number of hydrogen-bond donors (Lipinski definition) is 3. The van der Waals surface area contributed by atoms with Gasteiger partial charge in [0, 0.05) is 35.8 Å². The smallest absolute Gasteiger partial charge is 0.232 e. The summed E-state index contributed by atoms with van der Waals surface area (Å²) < 4.78 is 48.7. The van der Waals surface area contributed by atoms with Crippen LogP contribution in [0.25, 0.3) is 22.0 Å². The molecule has 1 aliphatic rings. The molecule has 5 rings (SSSR count). The van der Waals surface area contributed by atoms with E-state index in [9.17, 15) is 12.8 Å². The van der Waals surface area contributed by atoms with Gasteiger partial charge in [-0.1, -0.05) is 31.2 Å². The van der Waals surface area contributed by atoms with Crippen LogP contribution in [-0.4, -0.2) is 53.9 Å². The summed E-state index contributed by atoms with van der Waals surface area (Å²) in [7, 11) is -3.78. The van der Waals surface area contributed by atoms with Crippen molar-refractivity contribution in [2.24, 2.45) is 5.92 Å². The van der Waals surface area contributed by atoms with E-state index < -0.39 is 15.7 Å². The van der Waals surface area contributed by atoms with Gasteiger partial charge in [0.05, 0.1) is 22.7 Å². The zero-order valence-electron chi connectivity index (χ0n) is 24.3. The topological polar surface area (TPSA) is 118 Å². The number of fused-ring (bicyclic) bond motifs is 1. The minimum Gasteiger partial charge on any atom is -0.437 e. The van der Waals surface area contributed by atoms with Gasteiger partial charge in [0.15, 0.2) is 0 Å². The van der Waals surface area contributed by atoms with E-state index >= 15 is 0 Å². The Balaban J connectivity index is 1.45. The van der Waals surface area contributed by atoms with Crippen LogP contribution in [0.4, 0.5) is 16.0 Å². The number of alkyl halides is 1. The van der Waals surface area contributed by atoms with Gasteiger partial charge in [0.1, 0.15) is 11.4 Å². The van der Waals surface area contributed by atoms with Crippen molar-refractivity contribution < 1.29 is 17.5 Å². The van der Waals surface area contributed by atoms with Gasteiger partial charge in [0.2, 0.25) is 21.9 Å². The highest BCUT2D eigenvalue weighted by Gasteiger charge is 2.23. The molecule has 0 spiro atoms. The first-order valence-corrected chi connectivity index (χ1v) is 15.8. The molecule has 3 N–H and O–H groups in total. The number of rotatable bonds is 10. The van der Waals surface area contributed by atoms with Gasteiger partial charge in [-0.15, -0.1) is 0 Å². The number of benzene rings is 2. The lowest BCUT2D eigenvalue weighted by Crippen LogP contribution is -2.42. The van der Waals surface area contributed by atoms with Crippen LogP contribution < -0.4 is 20.1 Å². The van der Waals surface area contributed by atoms with Crippen molar-refractivity contribution in [2.45, 2.75) is 52.2 Å².